The van der Waals surface area contributed by atoms with Crippen LogP contribution in [0.25, 0.3) is 0 Å². The Morgan fingerprint density at radius 3 is 2.28 bits per heavy atom. The number of alkyl carbamates (subject to hydrolysis) is 1. The lowest BCUT2D eigenvalue weighted by molar-refractivity contribution is 0.0491. The van der Waals surface area contributed by atoms with E-state index in [1.807, 2.05) is 30.3 Å². The maximum Gasteiger partial charge on any atom is 0.407 e. The first-order valence-electron chi connectivity index (χ1n) is 9.67. The summed E-state index contributed by atoms with van der Waals surface area (Å²) in [6, 6.07) is 15.9. The van der Waals surface area contributed by atoms with Crippen LogP contribution in [0.1, 0.15) is 43.6 Å². The van der Waals surface area contributed by atoms with E-state index in [2.05, 4.69) is 5.32 Å². The summed E-state index contributed by atoms with van der Waals surface area (Å²) in [6.45, 7) is 7.05. The van der Waals surface area contributed by atoms with Crippen LogP contribution in [0.2, 0.25) is 0 Å². The maximum atomic E-state index is 12.3. The van der Waals surface area contributed by atoms with Crippen LogP contribution in [0.3, 0.4) is 0 Å². The molecule has 2 aromatic rings. The molecule has 0 aliphatic carbocycles. The molecule has 0 radical (unpaired) electrons. The summed E-state index contributed by atoms with van der Waals surface area (Å²) in [6.07, 6.45) is -0.00286. The third-order valence-corrected chi connectivity index (χ3v) is 4.22. The zero-order valence-electron chi connectivity index (χ0n) is 17.5. The van der Waals surface area contributed by atoms with Gasteiger partial charge in [0.2, 0.25) is 0 Å². The number of hydrogen-bond donors (Lipinski definition) is 2. The lowest BCUT2D eigenvalue weighted by Crippen LogP contribution is -2.52. The maximum absolute atomic E-state index is 12.3. The minimum Gasteiger partial charge on any atom is -0.491 e. The molecule has 6 heteroatoms. The van der Waals surface area contributed by atoms with Gasteiger partial charge in [0.25, 0.3) is 0 Å². The summed E-state index contributed by atoms with van der Waals surface area (Å²) < 4.78 is 11.2. The number of Topliss-reactive ketones (excluding diaryl/α,β-unsaturated/α-hetero) is 1. The van der Waals surface area contributed by atoms with Crippen LogP contribution < -0.4 is 15.8 Å². The van der Waals surface area contributed by atoms with E-state index < -0.39 is 23.8 Å². The molecule has 6 nitrogen and oxygen atoms in total. The molecular weight excluding hydrogens is 368 g/mol. The second-order valence-electron chi connectivity index (χ2n) is 7.97. The van der Waals surface area contributed by atoms with Crippen molar-refractivity contribution in [3.8, 4) is 5.75 Å². The quantitative estimate of drug-likeness (QED) is 0.661. The molecule has 0 fully saturated rings. The van der Waals surface area contributed by atoms with Gasteiger partial charge in [-0.3, -0.25) is 4.79 Å². The Hall–Kier alpha value is -2.86. The molecule has 0 unspecified atom stereocenters. The number of amides is 1. The van der Waals surface area contributed by atoms with E-state index in [0.29, 0.717) is 17.7 Å². The van der Waals surface area contributed by atoms with E-state index in [9.17, 15) is 9.59 Å². The van der Waals surface area contributed by atoms with Gasteiger partial charge in [0.15, 0.2) is 5.78 Å². The molecule has 0 aliphatic heterocycles. The van der Waals surface area contributed by atoms with Crippen molar-refractivity contribution in [3.05, 3.63) is 65.7 Å². The standard InChI is InChI=1S/C23H30N2O4/c1-16(26)18-12-8-9-13-21(18)28-15-19(24)20(14-17-10-6-5-7-11-17)25-22(27)29-23(2,3)4/h5-13,19-20H,14-15,24H2,1-4H3,(H,25,27)/t19-,20+/m1/s1. The Kier molecular flexibility index (Phi) is 7.79. The number of carbonyl (C=O) groups excluding carboxylic acids is 2. The van der Waals surface area contributed by atoms with Gasteiger partial charge in [-0.15, -0.1) is 0 Å². The monoisotopic (exact) mass is 398 g/mol. The Labute approximate surface area is 172 Å². The second-order valence-corrected chi connectivity index (χ2v) is 7.97. The lowest BCUT2D eigenvalue weighted by atomic mass is 10.0. The van der Waals surface area contributed by atoms with Crippen molar-refractivity contribution < 1.29 is 19.1 Å². The Balaban J connectivity index is 2.10. The van der Waals surface area contributed by atoms with Gasteiger partial charge in [-0.1, -0.05) is 42.5 Å². The highest BCUT2D eigenvalue weighted by atomic mass is 16.6. The predicted octanol–water partition coefficient (Wildman–Crippen LogP) is 3.73. The van der Waals surface area contributed by atoms with E-state index >= 15 is 0 Å². The molecule has 0 bridgehead atoms. The summed E-state index contributed by atoms with van der Waals surface area (Å²) in [4.78, 5) is 24.1. The first-order valence-corrected chi connectivity index (χ1v) is 9.67. The smallest absolute Gasteiger partial charge is 0.407 e. The van der Waals surface area contributed by atoms with Crippen LogP contribution in [-0.2, 0) is 11.2 Å². The number of benzene rings is 2. The lowest BCUT2D eigenvalue weighted by Gasteiger charge is -2.27. The van der Waals surface area contributed by atoms with Crippen molar-refractivity contribution in [2.75, 3.05) is 6.61 Å². The number of ether oxygens (including phenoxy) is 2. The van der Waals surface area contributed by atoms with Crippen LogP contribution in [-0.4, -0.2) is 36.2 Å². The van der Waals surface area contributed by atoms with Crippen LogP contribution >= 0.6 is 0 Å². The largest absolute Gasteiger partial charge is 0.491 e. The molecule has 156 valence electrons. The van der Waals surface area contributed by atoms with E-state index in [4.69, 9.17) is 15.2 Å². The number of nitrogens with one attached hydrogen (secondary N) is 1. The average molecular weight is 399 g/mol. The van der Waals surface area contributed by atoms with Gasteiger partial charge in [-0.25, -0.2) is 4.79 Å². The van der Waals surface area contributed by atoms with Crippen molar-refractivity contribution in [1.29, 1.82) is 0 Å². The zero-order valence-corrected chi connectivity index (χ0v) is 17.5. The molecule has 0 saturated heterocycles. The topological polar surface area (TPSA) is 90.6 Å². The molecule has 1 amide bonds. The molecule has 2 aromatic carbocycles. The number of ketones is 1. The van der Waals surface area contributed by atoms with Gasteiger partial charge < -0.3 is 20.5 Å². The SMILES string of the molecule is CC(=O)c1ccccc1OC[C@@H](N)[C@H](Cc1ccccc1)NC(=O)OC(C)(C)C. The van der Waals surface area contributed by atoms with Crippen molar-refractivity contribution in [2.45, 2.75) is 51.8 Å². The molecule has 3 N–H and O–H groups in total. The molecule has 0 aromatic heterocycles. The number of rotatable bonds is 8. The van der Waals surface area contributed by atoms with Gasteiger partial charge in [0, 0.05) is 0 Å². The second kappa shape index (κ2) is 10.1. The van der Waals surface area contributed by atoms with E-state index in [1.54, 1.807) is 45.0 Å². The van der Waals surface area contributed by atoms with E-state index in [-0.39, 0.29) is 12.4 Å². The van der Waals surface area contributed by atoms with Gasteiger partial charge >= 0.3 is 6.09 Å². The molecule has 29 heavy (non-hydrogen) atoms. The molecule has 0 aliphatic rings. The van der Waals surface area contributed by atoms with Crippen molar-refractivity contribution in [3.63, 3.8) is 0 Å². The van der Waals surface area contributed by atoms with Gasteiger partial charge in [0.05, 0.1) is 17.6 Å². The Morgan fingerprint density at radius 2 is 1.66 bits per heavy atom. The van der Waals surface area contributed by atoms with E-state index in [0.717, 1.165) is 5.56 Å². The molecule has 2 atom stereocenters. The fourth-order valence-electron chi connectivity index (χ4n) is 2.82. The van der Waals surface area contributed by atoms with Gasteiger partial charge in [-0.2, -0.15) is 0 Å². The first-order chi connectivity index (χ1) is 13.7. The van der Waals surface area contributed by atoms with Gasteiger partial charge in [0.1, 0.15) is 18.0 Å². The number of hydrogen-bond acceptors (Lipinski definition) is 5. The zero-order chi connectivity index (χ0) is 21.4. The molecule has 2 rings (SSSR count). The summed E-state index contributed by atoms with van der Waals surface area (Å²) in [7, 11) is 0. The fraction of sp³-hybridized carbons (Fsp3) is 0.391. The highest BCUT2D eigenvalue weighted by molar-refractivity contribution is 5.96. The van der Waals surface area contributed by atoms with Crippen LogP contribution in [0, 0.1) is 0 Å². The highest BCUT2D eigenvalue weighted by Gasteiger charge is 2.25. The summed E-state index contributed by atoms with van der Waals surface area (Å²) in [5, 5.41) is 2.86. The fourth-order valence-corrected chi connectivity index (χ4v) is 2.82. The number of para-hydroxylation sites is 1. The number of carbonyl (C=O) groups is 2. The molecular formula is C23H30N2O4. The molecule has 0 spiro atoms. The summed E-state index contributed by atoms with van der Waals surface area (Å²) in [5.74, 6) is 0.396. The van der Waals surface area contributed by atoms with Crippen LogP contribution in [0.5, 0.6) is 5.75 Å². The highest BCUT2D eigenvalue weighted by Crippen LogP contribution is 2.19. The third-order valence-electron chi connectivity index (χ3n) is 4.22. The summed E-state index contributed by atoms with van der Waals surface area (Å²) in [5.41, 5.74) is 7.30. The van der Waals surface area contributed by atoms with Crippen molar-refractivity contribution >= 4 is 11.9 Å². The van der Waals surface area contributed by atoms with Crippen LogP contribution in [0.4, 0.5) is 4.79 Å². The number of nitrogens with two attached hydrogens (primary N) is 1. The first kappa shape index (κ1) is 22.4. The third kappa shape index (κ3) is 7.58. The van der Waals surface area contributed by atoms with Gasteiger partial charge in [-0.05, 0) is 51.8 Å². The predicted molar refractivity (Wildman–Crippen MR) is 113 cm³/mol. The van der Waals surface area contributed by atoms with Crippen molar-refractivity contribution in [1.82, 2.24) is 5.32 Å². The minimum absolute atomic E-state index is 0.0816. The Morgan fingerprint density at radius 1 is 1.03 bits per heavy atom. The average Bonchev–Trinajstić information content (AvgIpc) is 2.65. The summed E-state index contributed by atoms with van der Waals surface area (Å²) >= 11 is 0. The molecule has 0 heterocycles. The van der Waals surface area contributed by atoms with Crippen LogP contribution in [0.15, 0.2) is 54.6 Å². The Bertz CT molecular complexity index is 815. The van der Waals surface area contributed by atoms with E-state index in [1.165, 1.54) is 6.92 Å². The minimum atomic E-state index is -0.609. The molecule has 0 saturated carbocycles. The normalized spacial score (nSPS) is 13.3. The van der Waals surface area contributed by atoms with Crippen molar-refractivity contribution in [2.24, 2.45) is 5.73 Å².